The van der Waals surface area contributed by atoms with Crippen molar-refractivity contribution in [3.63, 3.8) is 0 Å². The number of pyridine rings is 1. The average Bonchev–Trinajstić information content (AvgIpc) is 3.50. The molecule has 0 aliphatic rings. The van der Waals surface area contributed by atoms with Crippen LogP contribution in [0.1, 0.15) is 0 Å². The number of nitrogens with zero attached hydrogens (tertiary/aromatic N) is 5. The number of rotatable bonds is 3. The van der Waals surface area contributed by atoms with Gasteiger partial charge in [0.05, 0.1) is 34.6 Å². The molecule has 4 heterocycles. The van der Waals surface area contributed by atoms with Gasteiger partial charge in [0, 0.05) is 35.3 Å². The van der Waals surface area contributed by atoms with Crippen LogP contribution in [0.2, 0.25) is 0 Å². The van der Waals surface area contributed by atoms with E-state index in [2.05, 4.69) is 25.3 Å². The molecule has 4 aromatic heterocycles. The summed E-state index contributed by atoms with van der Waals surface area (Å²) in [6, 6.07) is 14.4. The van der Waals surface area contributed by atoms with Gasteiger partial charge in [-0.05, 0) is 18.2 Å². The molecule has 2 aromatic carbocycles. The summed E-state index contributed by atoms with van der Waals surface area (Å²) in [7, 11) is 1.87. The lowest BCUT2D eigenvalue weighted by Crippen LogP contribution is -1.86. The number of H-pyrrole nitrogens is 2. The van der Waals surface area contributed by atoms with Crippen molar-refractivity contribution in [2.75, 3.05) is 0 Å². The van der Waals surface area contributed by atoms with E-state index in [1.807, 2.05) is 43.6 Å². The van der Waals surface area contributed by atoms with Crippen molar-refractivity contribution in [1.29, 1.82) is 0 Å². The molecule has 0 aliphatic carbocycles. The molecular weight excluding hydrogens is 393 g/mol. The van der Waals surface area contributed by atoms with E-state index >= 15 is 0 Å². The Kier molecular flexibility index (Phi) is 3.73. The first kappa shape index (κ1) is 17.5. The molecule has 6 aromatic rings. The third kappa shape index (κ3) is 2.80. The minimum Gasteiger partial charge on any atom is -0.337 e. The number of aryl methyl sites for hydroxylation is 1. The minimum atomic E-state index is -0.281. The lowest BCUT2D eigenvalue weighted by Gasteiger charge is -2.03. The highest BCUT2D eigenvalue weighted by Crippen LogP contribution is 2.33. The summed E-state index contributed by atoms with van der Waals surface area (Å²) in [5.74, 6) is 0.324. The van der Waals surface area contributed by atoms with Crippen molar-refractivity contribution in [2.24, 2.45) is 7.05 Å². The number of fused-ring (bicyclic) bond motifs is 2. The van der Waals surface area contributed by atoms with Crippen LogP contribution in [0, 0.1) is 5.82 Å². The second-order valence-electron chi connectivity index (χ2n) is 7.36. The molecule has 0 bridgehead atoms. The number of imidazole rings is 1. The monoisotopic (exact) mass is 409 g/mol. The molecular formula is C23H16FN7. The number of para-hydroxylation sites is 1. The van der Waals surface area contributed by atoms with Gasteiger partial charge in [-0.25, -0.2) is 9.37 Å². The summed E-state index contributed by atoms with van der Waals surface area (Å²) in [5.41, 5.74) is 5.95. The first-order valence-electron chi connectivity index (χ1n) is 9.74. The molecule has 150 valence electrons. The zero-order valence-electron chi connectivity index (χ0n) is 16.5. The van der Waals surface area contributed by atoms with Crippen LogP contribution < -0.4 is 0 Å². The van der Waals surface area contributed by atoms with Gasteiger partial charge in [-0.15, -0.1) is 0 Å². The van der Waals surface area contributed by atoms with Gasteiger partial charge in [0.15, 0.2) is 5.82 Å². The van der Waals surface area contributed by atoms with Crippen LogP contribution in [0.5, 0.6) is 0 Å². The van der Waals surface area contributed by atoms with Crippen LogP contribution >= 0.6 is 0 Å². The predicted molar refractivity (Wildman–Crippen MR) is 117 cm³/mol. The molecule has 2 N–H and O–H groups in total. The number of aromatic nitrogens is 7. The standard InChI is InChI=1S/C23H16FN7/c1-31-12-13(10-26-31)19-9-16-20(11-25-19)29-30-22(16)23-27-18-8-4-6-15(21(18)28-23)14-5-2-3-7-17(14)24/h2-12H,1H3,(H,27,28)(H,29,30). The van der Waals surface area contributed by atoms with Gasteiger partial charge in [-0.3, -0.25) is 14.8 Å². The smallest absolute Gasteiger partial charge is 0.159 e. The SMILES string of the molecule is Cn1cc(-c2cc3c(-c4nc5c(-c6ccccc6F)cccc5[nH]4)n[nH]c3cn2)cn1. The van der Waals surface area contributed by atoms with Gasteiger partial charge in [-0.2, -0.15) is 10.2 Å². The van der Waals surface area contributed by atoms with Gasteiger partial charge >= 0.3 is 0 Å². The van der Waals surface area contributed by atoms with Crippen molar-refractivity contribution < 1.29 is 4.39 Å². The fourth-order valence-electron chi connectivity index (χ4n) is 3.85. The van der Waals surface area contributed by atoms with E-state index in [1.165, 1.54) is 6.07 Å². The van der Waals surface area contributed by atoms with Crippen molar-refractivity contribution >= 4 is 21.9 Å². The predicted octanol–water partition coefficient (Wildman–Crippen LogP) is 4.71. The molecule has 8 heteroatoms. The number of nitrogens with one attached hydrogen (secondary N) is 2. The second kappa shape index (κ2) is 6.60. The molecule has 0 spiro atoms. The largest absolute Gasteiger partial charge is 0.337 e. The molecule has 0 fully saturated rings. The Labute approximate surface area is 175 Å². The maximum Gasteiger partial charge on any atom is 0.159 e. The van der Waals surface area contributed by atoms with Crippen LogP contribution in [0.3, 0.4) is 0 Å². The third-order valence-corrected chi connectivity index (χ3v) is 5.35. The molecule has 0 atom stereocenters. The quantitative estimate of drug-likeness (QED) is 0.443. The summed E-state index contributed by atoms with van der Waals surface area (Å²) in [6.45, 7) is 0. The van der Waals surface area contributed by atoms with Crippen LogP contribution in [-0.2, 0) is 7.05 Å². The fourth-order valence-corrected chi connectivity index (χ4v) is 3.85. The highest BCUT2D eigenvalue weighted by atomic mass is 19.1. The highest BCUT2D eigenvalue weighted by Gasteiger charge is 2.17. The van der Waals surface area contributed by atoms with E-state index in [4.69, 9.17) is 4.98 Å². The number of benzene rings is 2. The Balaban J connectivity index is 1.52. The van der Waals surface area contributed by atoms with Crippen molar-refractivity contribution in [3.05, 3.63) is 72.9 Å². The van der Waals surface area contributed by atoms with Crippen LogP contribution in [-0.4, -0.2) is 34.9 Å². The number of hydrogen-bond donors (Lipinski definition) is 2. The van der Waals surface area contributed by atoms with Gasteiger partial charge in [0.25, 0.3) is 0 Å². The Hall–Kier alpha value is -4.33. The van der Waals surface area contributed by atoms with Crippen molar-refractivity contribution in [1.82, 2.24) is 34.9 Å². The molecule has 0 amide bonds. The van der Waals surface area contributed by atoms with Gasteiger partial charge in [0.1, 0.15) is 11.5 Å². The van der Waals surface area contributed by atoms with Crippen LogP contribution in [0.4, 0.5) is 4.39 Å². The molecule has 0 aliphatic heterocycles. The second-order valence-corrected chi connectivity index (χ2v) is 7.36. The van der Waals surface area contributed by atoms with E-state index in [-0.39, 0.29) is 5.82 Å². The summed E-state index contributed by atoms with van der Waals surface area (Å²) in [5, 5.41) is 12.6. The third-order valence-electron chi connectivity index (χ3n) is 5.35. The molecule has 0 saturated carbocycles. The number of halogens is 1. The Morgan fingerprint density at radius 3 is 2.68 bits per heavy atom. The first-order chi connectivity index (χ1) is 15.2. The van der Waals surface area contributed by atoms with E-state index in [0.717, 1.165) is 33.2 Å². The van der Waals surface area contributed by atoms with Crippen molar-refractivity contribution in [3.8, 4) is 33.9 Å². The Bertz CT molecular complexity index is 1570. The van der Waals surface area contributed by atoms with E-state index in [0.29, 0.717) is 22.6 Å². The van der Waals surface area contributed by atoms with Crippen LogP contribution in [0.15, 0.2) is 67.1 Å². The van der Waals surface area contributed by atoms with Gasteiger partial charge in [-0.1, -0.05) is 30.3 Å². The van der Waals surface area contributed by atoms with E-state index < -0.39 is 0 Å². The lowest BCUT2D eigenvalue weighted by molar-refractivity contribution is 0.631. The van der Waals surface area contributed by atoms with E-state index in [9.17, 15) is 4.39 Å². The fraction of sp³-hybridized carbons (Fsp3) is 0.0435. The first-order valence-corrected chi connectivity index (χ1v) is 9.74. The average molecular weight is 409 g/mol. The minimum absolute atomic E-state index is 0.281. The van der Waals surface area contributed by atoms with Gasteiger partial charge in [0.2, 0.25) is 0 Å². The summed E-state index contributed by atoms with van der Waals surface area (Å²) < 4.78 is 16.2. The van der Waals surface area contributed by atoms with Crippen LogP contribution in [0.25, 0.3) is 55.8 Å². The normalized spacial score (nSPS) is 11.5. The summed E-state index contributed by atoms with van der Waals surface area (Å²) >= 11 is 0. The molecule has 6 rings (SSSR count). The highest BCUT2D eigenvalue weighted by molar-refractivity contribution is 5.97. The Morgan fingerprint density at radius 2 is 1.84 bits per heavy atom. The summed E-state index contributed by atoms with van der Waals surface area (Å²) in [4.78, 5) is 12.6. The summed E-state index contributed by atoms with van der Waals surface area (Å²) in [6.07, 6.45) is 5.44. The maximum atomic E-state index is 14.4. The zero-order valence-corrected chi connectivity index (χ0v) is 16.5. The number of hydrogen-bond acceptors (Lipinski definition) is 4. The molecule has 0 unspecified atom stereocenters. The molecule has 0 saturated heterocycles. The maximum absolute atomic E-state index is 14.4. The van der Waals surface area contributed by atoms with E-state index in [1.54, 1.807) is 29.2 Å². The Morgan fingerprint density at radius 1 is 0.968 bits per heavy atom. The number of aromatic amines is 2. The topological polar surface area (TPSA) is 88.1 Å². The van der Waals surface area contributed by atoms with Gasteiger partial charge < -0.3 is 4.98 Å². The zero-order chi connectivity index (χ0) is 20.9. The molecule has 7 nitrogen and oxygen atoms in total. The van der Waals surface area contributed by atoms with Crippen molar-refractivity contribution in [2.45, 2.75) is 0 Å². The molecule has 0 radical (unpaired) electrons. The molecule has 31 heavy (non-hydrogen) atoms. The lowest BCUT2D eigenvalue weighted by atomic mass is 10.0.